The molecule has 2 aromatic carbocycles. The minimum absolute atomic E-state index is 0. The average Bonchev–Trinajstić information content (AvgIpc) is 2.99. The summed E-state index contributed by atoms with van der Waals surface area (Å²) in [5.74, 6) is -0.875. The lowest BCUT2D eigenvalue weighted by molar-refractivity contribution is -0.133. The maximum atomic E-state index is 10.7. The van der Waals surface area contributed by atoms with Gasteiger partial charge in [-0.05, 0) is 0 Å². The van der Waals surface area contributed by atoms with Crippen LogP contribution < -0.4 is 12.4 Å². The van der Waals surface area contributed by atoms with Gasteiger partial charge in [0.15, 0.2) is 5.16 Å². The standard InChI is InChI=1S/C17H14N2O2S.ClH/c20-14(21)11-22-17-18-15(12-7-3-1-4-8-12)16(19-17)13-9-5-2-6-10-13;/h1-10H,11H2,(H,18,19)(H,20,21);1H/p-1. The molecule has 0 bridgehead atoms. The van der Waals surface area contributed by atoms with E-state index in [1.165, 1.54) is 11.8 Å². The highest BCUT2D eigenvalue weighted by atomic mass is 35.5. The van der Waals surface area contributed by atoms with E-state index in [-0.39, 0.29) is 18.2 Å². The van der Waals surface area contributed by atoms with Crippen molar-refractivity contribution in [2.75, 3.05) is 5.75 Å². The first-order valence-electron chi connectivity index (χ1n) is 6.79. The quantitative estimate of drug-likeness (QED) is 0.675. The zero-order chi connectivity index (χ0) is 15.4. The third-order valence-electron chi connectivity index (χ3n) is 3.12. The Morgan fingerprint density at radius 3 is 2.13 bits per heavy atom. The molecule has 6 heteroatoms. The van der Waals surface area contributed by atoms with Crippen LogP contribution in [0.1, 0.15) is 0 Å². The summed E-state index contributed by atoms with van der Waals surface area (Å²) in [5.41, 5.74) is 3.76. The second-order valence-electron chi connectivity index (χ2n) is 4.68. The van der Waals surface area contributed by atoms with Crippen molar-refractivity contribution in [3.63, 3.8) is 0 Å². The fourth-order valence-corrected chi connectivity index (χ4v) is 2.76. The average molecular weight is 346 g/mol. The summed E-state index contributed by atoms with van der Waals surface area (Å²) >= 11 is 1.19. The summed E-state index contributed by atoms with van der Waals surface area (Å²) in [5, 5.41) is 9.43. The van der Waals surface area contributed by atoms with Crippen LogP contribution in [0.5, 0.6) is 0 Å². The van der Waals surface area contributed by atoms with Gasteiger partial charge in [-0.15, -0.1) is 0 Å². The molecular formula is C17H14ClN2O2S-. The highest BCUT2D eigenvalue weighted by Gasteiger charge is 2.14. The van der Waals surface area contributed by atoms with Gasteiger partial charge in [0, 0.05) is 11.1 Å². The van der Waals surface area contributed by atoms with Crippen molar-refractivity contribution in [2.45, 2.75) is 5.16 Å². The summed E-state index contributed by atoms with van der Waals surface area (Å²) in [6.07, 6.45) is 0. The number of aromatic nitrogens is 2. The Labute approximate surface area is 144 Å². The molecule has 118 valence electrons. The van der Waals surface area contributed by atoms with Gasteiger partial charge in [-0.2, -0.15) is 0 Å². The lowest BCUT2D eigenvalue weighted by Crippen LogP contribution is -3.00. The first kappa shape index (κ1) is 17.1. The molecule has 3 rings (SSSR count). The molecule has 0 fully saturated rings. The third kappa shape index (κ3) is 4.15. The van der Waals surface area contributed by atoms with Gasteiger partial charge < -0.3 is 22.5 Å². The molecule has 0 saturated carbocycles. The molecule has 0 atom stereocenters. The van der Waals surface area contributed by atoms with Crippen molar-refractivity contribution in [3.05, 3.63) is 60.7 Å². The van der Waals surface area contributed by atoms with Gasteiger partial charge in [-0.25, -0.2) is 4.98 Å². The van der Waals surface area contributed by atoms with E-state index in [1.807, 2.05) is 60.7 Å². The number of hydrogen-bond acceptors (Lipinski definition) is 3. The van der Waals surface area contributed by atoms with Crippen molar-refractivity contribution in [2.24, 2.45) is 0 Å². The van der Waals surface area contributed by atoms with E-state index in [9.17, 15) is 4.79 Å². The monoisotopic (exact) mass is 345 g/mol. The number of hydrogen-bond donors (Lipinski definition) is 2. The summed E-state index contributed by atoms with van der Waals surface area (Å²) in [6.45, 7) is 0. The van der Waals surface area contributed by atoms with Crippen LogP contribution in [-0.2, 0) is 4.79 Å². The summed E-state index contributed by atoms with van der Waals surface area (Å²) < 4.78 is 0. The number of imidazole rings is 1. The summed E-state index contributed by atoms with van der Waals surface area (Å²) in [6, 6.07) is 19.8. The molecule has 1 aromatic heterocycles. The number of H-pyrrole nitrogens is 1. The van der Waals surface area contributed by atoms with Gasteiger partial charge in [-0.3, -0.25) is 4.79 Å². The Morgan fingerprint density at radius 2 is 1.57 bits per heavy atom. The number of carboxylic acids is 1. The molecule has 0 aliphatic carbocycles. The number of aromatic amines is 1. The number of nitrogens with one attached hydrogen (secondary N) is 1. The maximum Gasteiger partial charge on any atom is 0.313 e. The van der Waals surface area contributed by atoms with E-state index in [4.69, 9.17) is 5.11 Å². The first-order valence-corrected chi connectivity index (χ1v) is 7.78. The first-order chi connectivity index (χ1) is 10.7. The number of carbonyl (C=O) groups is 1. The highest BCUT2D eigenvalue weighted by Crippen LogP contribution is 2.32. The van der Waals surface area contributed by atoms with Crippen molar-refractivity contribution < 1.29 is 22.3 Å². The van der Waals surface area contributed by atoms with Gasteiger partial charge in [0.2, 0.25) is 0 Å². The fraction of sp³-hybridized carbons (Fsp3) is 0.0588. The van der Waals surface area contributed by atoms with Gasteiger partial charge in [0.05, 0.1) is 17.1 Å². The Bertz CT molecular complexity index is 719. The molecule has 0 aliphatic rings. The second-order valence-corrected chi connectivity index (χ2v) is 5.64. The van der Waals surface area contributed by atoms with Crippen LogP contribution in [0, 0.1) is 0 Å². The van der Waals surface area contributed by atoms with Crippen LogP contribution in [0.4, 0.5) is 0 Å². The number of halogens is 1. The molecule has 2 N–H and O–H groups in total. The topological polar surface area (TPSA) is 66.0 Å². The van der Waals surface area contributed by atoms with E-state index < -0.39 is 5.97 Å². The molecular weight excluding hydrogens is 332 g/mol. The molecule has 1 heterocycles. The zero-order valence-electron chi connectivity index (χ0n) is 12.1. The normalized spacial score (nSPS) is 10.1. The van der Waals surface area contributed by atoms with Gasteiger partial charge >= 0.3 is 5.97 Å². The van der Waals surface area contributed by atoms with Crippen LogP contribution in [0.15, 0.2) is 65.8 Å². The molecule has 0 amide bonds. The number of nitrogens with zero attached hydrogens (tertiary/aromatic N) is 1. The summed E-state index contributed by atoms with van der Waals surface area (Å²) in [4.78, 5) is 18.6. The van der Waals surface area contributed by atoms with Crippen molar-refractivity contribution in [3.8, 4) is 22.5 Å². The van der Waals surface area contributed by atoms with Gasteiger partial charge in [0.25, 0.3) is 0 Å². The van der Waals surface area contributed by atoms with Crippen molar-refractivity contribution in [1.82, 2.24) is 9.97 Å². The molecule has 0 unspecified atom stereocenters. The van der Waals surface area contributed by atoms with Crippen molar-refractivity contribution in [1.29, 1.82) is 0 Å². The van der Waals surface area contributed by atoms with E-state index in [2.05, 4.69) is 9.97 Å². The summed E-state index contributed by atoms with van der Waals surface area (Å²) in [7, 11) is 0. The lowest BCUT2D eigenvalue weighted by Gasteiger charge is -2.02. The predicted molar refractivity (Wildman–Crippen MR) is 87.8 cm³/mol. The Kier molecular flexibility index (Phi) is 5.84. The Hall–Kier alpha value is -2.24. The molecule has 0 saturated heterocycles. The smallest absolute Gasteiger partial charge is 0.313 e. The predicted octanol–water partition coefficient (Wildman–Crippen LogP) is 0.924. The highest BCUT2D eigenvalue weighted by molar-refractivity contribution is 7.99. The largest absolute Gasteiger partial charge is 1.00 e. The van der Waals surface area contributed by atoms with Crippen molar-refractivity contribution >= 4 is 17.7 Å². The SMILES string of the molecule is O=C(O)CSc1nc(-c2ccccc2)c(-c2ccccc2)[nH]1.[Cl-]. The van der Waals surface area contributed by atoms with Crippen LogP contribution >= 0.6 is 11.8 Å². The zero-order valence-corrected chi connectivity index (χ0v) is 13.6. The van der Waals surface area contributed by atoms with Crippen LogP contribution in [0.2, 0.25) is 0 Å². The molecule has 0 radical (unpaired) electrons. The number of thioether (sulfide) groups is 1. The van der Waals surface area contributed by atoms with E-state index in [0.29, 0.717) is 5.16 Å². The minimum Gasteiger partial charge on any atom is -1.00 e. The number of carboxylic acid groups (broad SMARTS) is 1. The number of benzene rings is 2. The van der Waals surface area contributed by atoms with E-state index >= 15 is 0 Å². The van der Waals surface area contributed by atoms with Crippen LogP contribution in [-0.4, -0.2) is 26.8 Å². The van der Waals surface area contributed by atoms with E-state index in [0.717, 1.165) is 22.5 Å². The second kappa shape index (κ2) is 7.85. The lowest BCUT2D eigenvalue weighted by atomic mass is 10.1. The van der Waals surface area contributed by atoms with Crippen LogP contribution in [0.25, 0.3) is 22.5 Å². The molecule has 23 heavy (non-hydrogen) atoms. The molecule has 0 aliphatic heterocycles. The van der Waals surface area contributed by atoms with Crippen LogP contribution in [0.3, 0.4) is 0 Å². The van der Waals surface area contributed by atoms with Gasteiger partial charge in [-0.1, -0.05) is 72.4 Å². The van der Waals surface area contributed by atoms with E-state index in [1.54, 1.807) is 0 Å². The molecule has 0 spiro atoms. The minimum atomic E-state index is -0.857. The number of rotatable bonds is 5. The molecule has 3 aromatic rings. The molecule has 4 nitrogen and oxygen atoms in total. The third-order valence-corrected chi connectivity index (χ3v) is 3.98. The Morgan fingerprint density at radius 1 is 1.00 bits per heavy atom. The fourth-order valence-electron chi connectivity index (χ4n) is 2.17. The maximum absolute atomic E-state index is 10.7. The number of aliphatic carboxylic acids is 1. The Balaban J connectivity index is 0.00000192. The van der Waals surface area contributed by atoms with Gasteiger partial charge in [0.1, 0.15) is 0 Å².